The zero-order chi connectivity index (χ0) is 25.3. The van der Waals surface area contributed by atoms with Gasteiger partial charge in [-0.1, -0.05) is 36.4 Å². The highest BCUT2D eigenvalue weighted by molar-refractivity contribution is 6.30. The summed E-state index contributed by atoms with van der Waals surface area (Å²) in [6, 6.07) is 8.86. The van der Waals surface area contributed by atoms with Crippen LogP contribution in [0.15, 0.2) is 54.8 Å². The van der Waals surface area contributed by atoms with Crippen LogP contribution in [0, 0.1) is 6.92 Å². The third-order valence-electron chi connectivity index (χ3n) is 6.25. The molecule has 2 heterocycles. The van der Waals surface area contributed by atoms with E-state index in [4.69, 9.17) is 11.6 Å². The molecule has 35 heavy (non-hydrogen) atoms. The number of hydrogen-bond donors (Lipinski definition) is 2. The lowest BCUT2D eigenvalue weighted by molar-refractivity contribution is -0.137. The van der Waals surface area contributed by atoms with E-state index in [1.54, 1.807) is 31.2 Å². The summed E-state index contributed by atoms with van der Waals surface area (Å²) < 4.78 is 15.9. The van der Waals surface area contributed by atoms with Gasteiger partial charge in [0.1, 0.15) is 6.04 Å². The monoisotopic (exact) mass is 495 g/mol. The molecule has 1 fully saturated rings. The Balaban J connectivity index is 1.49. The molecule has 180 valence electrons. The van der Waals surface area contributed by atoms with Crippen molar-refractivity contribution in [3.63, 3.8) is 0 Å². The van der Waals surface area contributed by atoms with E-state index in [0.29, 0.717) is 27.3 Å². The molecular weight excluding hydrogens is 473 g/mol. The number of imide groups is 1. The summed E-state index contributed by atoms with van der Waals surface area (Å²) in [5.74, 6) is -2.01. The van der Waals surface area contributed by atoms with Gasteiger partial charge >= 0.3 is 0 Å². The van der Waals surface area contributed by atoms with Gasteiger partial charge in [0, 0.05) is 41.7 Å². The number of nitrogens with zero attached hydrogens (tertiary/aromatic N) is 1. The molecule has 0 aromatic heterocycles. The highest BCUT2D eigenvalue weighted by Crippen LogP contribution is 2.33. The molecule has 7 nitrogen and oxygen atoms in total. The van der Waals surface area contributed by atoms with Crippen molar-refractivity contribution in [1.29, 1.82) is 0 Å². The van der Waals surface area contributed by atoms with Crippen LogP contribution in [-0.2, 0) is 33.1 Å². The average Bonchev–Trinajstić information content (AvgIpc) is 3.13. The first-order chi connectivity index (χ1) is 16.6. The van der Waals surface area contributed by atoms with Crippen LogP contribution in [0.2, 0.25) is 5.02 Å². The number of halogens is 2. The number of aryl methyl sites for hydroxylation is 1. The Bertz CT molecular complexity index is 1300. The molecule has 0 saturated carbocycles. The Hall–Kier alpha value is -3.74. The van der Waals surface area contributed by atoms with E-state index < -0.39 is 23.5 Å². The maximum atomic E-state index is 15.9. The van der Waals surface area contributed by atoms with Crippen LogP contribution < -0.4 is 10.6 Å². The van der Waals surface area contributed by atoms with Crippen LogP contribution in [0.1, 0.15) is 45.5 Å². The molecule has 2 aromatic carbocycles. The van der Waals surface area contributed by atoms with Crippen molar-refractivity contribution >= 4 is 35.2 Å². The van der Waals surface area contributed by atoms with Gasteiger partial charge in [0.15, 0.2) is 0 Å². The van der Waals surface area contributed by atoms with Gasteiger partial charge in [-0.15, -0.1) is 5.73 Å². The molecule has 0 radical (unpaired) electrons. The fourth-order valence-corrected chi connectivity index (χ4v) is 4.72. The number of hydrogen-bond acceptors (Lipinski definition) is 4. The molecule has 0 aliphatic carbocycles. The van der Waals surface area contributed by atoms with Crippen molar-refractivity contribution in [1.82, 2.24) is 15.5 Å². The lowest BCUT2D eigenvalue weighted by atomic mass is 9.90. The summed E-state index contributed by atoms with van der Waals surface area (Å²) in [6.07, 6.45) is 1.41. The van der Waals surface area contributed by atoms with Crippen molar-refractivity contribution in [2.45, 2.75) is 44.6 Å². The summed E-state index contributed by atoms with van der Waals surface area (Å²) in [5, 5.41) is 5.30. The fourth-order valence-electron chi connectivity index (χ4n) is 4.49. The van der Waals surface area contributed by atoms with E-state index in [-0.39, 0.29) is 43.3 Å². The quantitative estimate of drug-likeness (QED) is 0.475. The van der Waals surface area contributed by atoms with Gasteiger partial charge < -0.3 is 10.2 Å². The zero-order valence-corrected chi connectivity index (χ0v) is 19.7. The van der Waals surface area contributed by atoms with Crippen molar-refractivity contribution in [3.05, 3.63) is 87.6 Å². The summed E-state index contributed by atoms with van der Waals surface area (Å²) in [6.45, 7) is 5.29. The Kier molecular flexibility index (Phi) is 6.61. The fraction of sp³-hybridized carbons (Fsp3) is 0.269. The maximum Gasteiger partial charge on any atom is 0.267 e. The highest BCUT2D eigenvalue weighted by atomic mass is 35.5. The Labute approximate surface area is 206 Å². The van der Waals surface area contributed by atoms with Crippen LogP contribution >= 0.6 is 11.6 Å². The van der Waals surface area contributed by atoms with E-state index in [0.717, 1.165) is 6.08 Å². The van der Waals surface area contributed by atoms with Gasteiger partial charge in [-0.05, 0) is 48.2 Å². The second-order valence-electron chi connectivity index (χ2n) is 8.59. The molecular formula is C26H23ClFN3O4. The van der Waals surface area contributed by atoms with Crippen molar-refractivity contribution < 1.29 is 23.6 Å². The van der Waals surface area contributed by atoms with Crippen LogP contribution in [0.3, 0.4) is 0 Å². The number of benzene rings is 2. The van der Waals surface area contributed by atoms with Gasteiger partial charge in [0.25, 0.3) is 11.8 Å². The number of rotatable bonds is 6. The summed E-state index contributed by atoms with van der Waals surface area (Å²) >= 11 is 5.97. The standard InChI is InChI=1S/C26H23ClFN3O4/c1-3-10-26(28,20-7-5-18(27)11-15(20)2)25(35)29-13-16-4-6-19-17(12-16)14-31(24(19)34)21-8-9-22(32)30-23(21)33/h4-7,10-12,21H,1,8-9,13-14H2,2H3,(H,29,35)(H,30,32,33). The van der Waals surface area contributed by atoms with Crippen molar-refractivity contribution in [2.24, 2.45) is 0 Å². The minimum absolute atomic E-state index is 0.0159. The van der Waals surface area contributed by atoms with Crippen LogP contribution in [0.4, 0.5) is 4.39 Å². The molecule has 4 amide bonds. The molecule has 2 aliphatic rings. The average molecular weight is 496 g/mol. The predicted octanol–water partition coefficient (Wildman–Crippen LogP) is 3.23. The molecule has 0 bridgehead atoms. The van der Waals surface area contributed by atoms with E-state index in [2.05, 4.69) is 22.9 Å². The first-order valence-corrected chi connectivity index (χ1v) is 11.4. The molecule has 4 rings (SSSR count). The molecule has 0 spiro atoms. The van der Waals surface area contributed by atoms with Gasteiger partial charge in [0.2, 0.25) is 17.5 Å². The first kappa shape index (κ1) is 24.4. The van der Waals surface area contributed by atoms with Gasteiger partial charge in [-0.2, -0.15) is 0 Å². The van der Waals surface area contributed by atoms with Crippen LogP contribution in [0.25, 0.3) is 0 Å². The van der Waals surface area contributed by atoms with Gasteiger partial charge in [0.05, 0.1) is 0 Å². The molecule has 2 unspecified atom stereocenters. The number of nitrogens with one attached hydrogen (secondary N) is 2. The maximum absolute atomic E-state index is 15.9. The first-order valence-electron chi connectivity index (χ1n) is 11.0. The summed E-state index contributed by atoms with van der Waals surface area (Å²) in [5.41, 5.74) is 2.32. The van der Waals surface area contributed by atoms with E-state index in [1.807, 2.05) is 0 Å². The summed E-state index contributed by atoms with van der Waals surface area (Å²) in [7, 11) is 0. The minimum Gasteiger partial charge on any atom is -0.349 e. The highest BCUT2D eigenvalue weighted by Gasteiger charge is 2.40. The smallest absolute Gasteiger partial charge is 0.267 e. The number of carbonyl (C=O) groups excluding carboxylic acids is 4. The van der Waals surface area contributed by atoms with Gasteiger partial charge in [-0.25, -0.2) is 4.39 Å². The Morgan fingerprint density at radius 1 is 1.31 bits per heavy atom. The third kappa shape index (κ3) is 4.63. The number of carbonyl (C=O) groups is 4. The lowest BCUT2D eigenvalue weighted by Crippen LogP contribution is -2.52. The number of fused-ring (bicyclic) bond motifs is 1. The Morgan fingerprint density at radius 3 is 2.77 bits per heavy atom. The van der Waals surface area contributed by atoms with E-state index in [1.165, 1.54) is 17.0 Å². The number of amides is 4. The summed E-state index contributed by atoms with van der Waals surface area (Å²) in [4.78, 5) is 50.8. The Morgan fingerprint density at radius 2 is 2.09 bits per heavy atom. The topological polar surface area (TPSA) is 95.6 Å². The normalized spacial score (nSPS) is 18.9. The van der Waals surface area contributed by atoms with Crippen LogP contribution in [-0.4, -0.2) is 34.6 Å². The number of alkyl halides is 1. The molecule has 2 atom stereocenters. The minimum atomic E-state index is -2.49. The lowest BCUT2D eigenvalue weighted by Gasteiger charge is -2.29. The largest absolute Gasteiger partial charge is 0.349 e. The van der Waals surface area contributed by atoms with E-state index in [9.17, 15) is 19.2 Å². The molecule has 2 aromatic rings. The second-order valence-corrected chi connectivity index (χ2v) is 9.03. The van der Waals surface area contributed by atoms with Crippen molar-refractivity contribution in [3.8, 4) is 0 Å². The molecule has 9 heteroatoms. The third-order valence-corrected chi connectivity index (χ3v) is 6.49. The predicted molar refractivity (Wildman–Crippen MR) is 127 cm³/mol. The van der Waals surface area contributed by atoms with E-state index >= 15 is 4.39 Å². The SMILES string of the molecule is C=C=CC(F)(C(=O)NCc1ccc2c(c1)CN(C1CCC(=O)NC1=O)C2=O)c1ccc(Cl)cc1C. The molecule has 1 saturated heterocycles. The number of piperidine rings is 1. The van der Waals surface area contributed by atoms with Gasteiger partial charge in [-0.3, -0.25) is 24.5 Å². The molecule has 2 N–H and O–H groups in total. The molecule has 2 aliphatic heterocycles. The zero-order valence-electron chi connectivity index (χ0n) is 19.0. The second kappa shape index (κ2) is 9.49. The van der Waals surface area contributed by atoms with Crippen molar-refractivity contribution in [2.75, 3.05) is 0 Å². The van der Waals surface area contributed by atoms with Crippen LogP contribution in [0.5, 0.6) is 0 Å².